The van der Waals surface area contributed by atoms with Gasteiger partial charge in [-0.2, -0.15) is 0 Å². The van der Waals surface area contributed by atoms with Crippen molar-refractivity contribution in [2.75, 3.05) is 26.4 Å². The maximum Gasteiger partial charge on any atom is 0.472 e. The normalized spacial score (nSPS) is 13.8. The second kappa shape index (κ2) is 52.5. The van der Waals surface area contributed by atoms with Crippen LogP contribution in [0.5, 0.6) is 0 Å². The number of allylic oxidation sites excluding steroid dienone is 10. The highest BCUT2D eigenvalue weighted by atomic mass is 31.2. The quantitative estimate of drug-likeness (QED) is 0.0197. The Morgan fingerprint density at radius 2 is 0.743 bits per heavy atom. The topological polar surface area (TPSA) is 155 Å². The Morgan fingerprint density at radius 3 is 1.17 bits per heavy atom. The molecule has 11 nitrogen and oxygen atoms in total. The summed E-state index contributed by atoms with van der Waals surface area (Å²) in [6.07, 6.45) is 56.1. The molecule has 3 unspecified atom stereocenters. The van der Waals surface area contributed by atoms with Crippen molar-refractivity contribution >= 4 is 25.7 Å². The molecule has 3 atom stereocenters. The molecule has 70 heavy (non-hydrogen) atoms. The van der Waals surface area contributed by atoms with Gasteiger partial charge in [0.2, 0.25) is 0 Å². The van der Waals surface area contributed by atoms with Gasteiger partial charge in [0.15, 0.2) is 6.10 Å². The fourth-order valence-electron chi connectivity index (χ4n) is 7.64. The van der Waals surface area contributed by atoms with Crippen LogP contribution in [0.2, 0.25) is 0 Å². The number of aliphatic hydroxyl groups excluding tert-OH is 1. The molecule has 0 saturated carbocycles. The Labute approximate surface area is 427 Å². The molecule has 0 rings (SSSR count). The molecule has 406 valence electrons. The third-order valence-electron chi connectivity index (χ3n) is 11.9. The molecule has 12 heteroatoms. The molecule has 0 saturated heterocycles. The zero-order valence-corrected chi connectivity index (χ0v) is 45.6. The van der Waals surface area contributed by atoms with E-state index >= 15 is 0 Å². The Morgan fingerprint density at radius 1 is 0.414 bits per heavy atom. The van der Waals surface area contributed by atoms with Crippen molar-refractivity contribution in [3.63, 3.8) is 0 Å². The lowest BCUT2D eigenvalue weighted by Crippen LogP contribution is -2.30. The lowest BCUT2D eigenvalue weighted by atomic mass is 10.1. The first-order valence-corrected chi connectivity index (χ1v) is 29.7. The highest BCUT2D eigenvalue weighted by Crippen LogP contribution is 2.43. The van der Waals surface area contributed by atoms with Crippen LogP contribution < -0.4 is 0 Å². The molecule has 0 radical (unpaired) electrons. The van der Waals surface area contributed by atoms with Crippen LogP contribution in [-0.4, -0.2) is 66.5 Å². The largest absolute Gasteiger partial charge is 0.472 e. The maximum absolute atomic E-state index is 12.9. The molecule has 0 bridgehead atoms. The molecule has 0 spiro atoms. The molecule has 0 aromatic carbocycles. The van der Waals surface area contributed by atoms with E-state index in [2.05, 4.69) is 81.5 Å². The number of unbranched alkanes of at least 4 members (excludes halogenated alkanes) is 25. The number of carbonyl (C=O) groups is 3. The Bertz CT molecular complexity index is 1410. The van der Waals surface area contributed by atoms with Crippen molar-refractivity contribution in [3.8, 4) is 0 Å². The van der Waals surface area contributed by atoms with Crippen molar-refractivity contribution < 1.29 is 52.2 Å². The molecule has 0 amide bonds. The second-order valence-electron chi connectivity index (χ2n) is 18.7. The molecule has 0 aromatic rings. The van der Waals surface area contributed by atoms with Gasteiger partial charge in [-0.05, 0) is 83.5 Å². The zero-order valence-electron chi connectivity index (χ0n) is 44.7. The standard InChI is InChI=1S/C58H103O11P/c1-4-7-10-13-16-19-22-24-26-27-29-31-34-37-40-43-46-49-58(62)69-55(51-65-56(60)47-44-41-38-35-33-30-28-25-23-20-17-14-11-8-5-2)53-67-70(63,64)66-52-54(50-59)68-57(61)48-45-42-39-36-32-21-18-15-12-9-6-3/h8,11,16-17,19-20,24-26,28,54-55,59H,4-7,9-10,12-15,18,21-23,27,29-53H2,1-3H3,(H,63,64)/b11-8-,19-16-,20-17-,26-24-,28-25-. The van der Waals surface area contributed by atoms with Gasteiger partial charge in [-0.25, -0.2) is 4.57 Å². The van der Waals surface area contributed by atoms with Crippen LogP contribution in [0.25, 0.3) is 0 Å². The number of phosphoric ester groups is 1. The van der Waals surface area contributed by atoms with Crippen LogP contribution in [0.4, 0.5) is 0 Å². The Hall–Kier alpha value is -2.82. The fourth-order valence-corrected chi connectivity index (χ4v) is 8.42. The van der Waals surface area contributed by atoms with Gasteiger partial charge in [0.25, 0.3) is 0 Å². The molecule has 2 N–H and O–H groups in total. The summed E-state index contributed by atoms with van der Waals surface area (Å²) >= 11 is 0. The van der Waals surface area contributed by atoms with Crippen LogP contribution in [0.15, 0.2) is 60.8 Å². The van der Waals surface area contributed by atoms with E-state index in [0.717, 1.165) is 109 Å². The minimum atomic E-state index is -4.75. The summed E-state index contributed by atoms with van der Waals surface area (Å²) in [5, 5.41) is 9.78. The minimum Gasteiger partial charge on any atom is -0.462 e. The highest BCUT2D eigenvalue weighted by molar-refractivity contribution is 7.47. The number of phosphoric acid groups is 1. The van der Waals surface area contributed by atoms with Crippen molar-refractivity contribution in [1.29, 1.82) is 0 Å². The van der Waals surface area contributed by atoms with Gasteiger partial charge in [-0.3, -0.25) is 23.4 Å². The maximum atomic E-state index is 12.9. The third kappa shape index (κ3) is 50.1. The Balaban J connectivity index is 4.76. The van der Waals surface area contributed by atoms with Gasteiger partial charge >= 0.3 is 25.7 Å². The van der Waals surface area contributed by atoms with E-state index in [1.54, 1.807) is 0 Å². The molecular formula is C58H103O11P. The number of hydrogen-bond acceptors (Lipinski definition) is 10. The summed E-state index contributed by atoms with van der Waals surface area (Å²) < 4.78 is 39.4. The van der Waals surface area contributed by atoms with Crippen molar-refractivity contribution in [2.24, 2.45) is 0 Å². The average molecular weight is 1010 g/mol. The molecule has 0 aliphatic carbocycles. The summed E-state index contributed by atoms with van der Waals surface area (Å²) in [5.41, 5.74) is 0. The van der Waals surface area contributed by atoms with Gasteiger partial charge in [-0.1, -0.05) is 210 Å². The van der Waals surface area contributed by atoms with Crippen molar-refractivity contribution in [2.45, 2.75) is 264 Å². The van der Waals surface area contributed by atoms with E-state index in [0.29, 0.717) is 19.3 Å². The monoisotopic (exact) mass is 1010 g/mol. The van der Waals surface area contributed by atoms with E-state index < -0.39 is 57.8 Å². The SMILES string of the molecule is CC/C=C\C/C=C\C/C=C\CCCCCCCC(=O)OCC(COP(=O)(O)OCC(CO)OC(=O)CCCCCCCCCCCCC)OC(=O)CCCCCCCCC/C=C\C/C=C\CCCCC. The first kappa shape index (κ1) is 67.2. The molecule has 0 heterocycles. The average Bonchev–Trinajstić information content (AvgIpc) is 3.35. The van der Waals surface area contributed by atoms with Crippen molar-refractivity contribution in [3.05, 3.63) is 60.8 Å². The third-order valence-corrected chi connectivity index (χ3v) is 12.9. The van der Waals surface area contributed by atoms with Crippen molar-refractivity contribution in [1.82, 2.24) is 0 Å². The first-order chi connectivity index (χ1) is 34.2. The number of carbonyl (C=O) groups excluding carboxylic acids is 3. The van der Waals surface area contributed by atoms with E-state index in [1.165, 1.54) is 83.5 Å². The number of ether oxygens (including phenoxy) is 3. The van der Waals surface area contributed by atoms with Crippen LogP contribution in [0.3, 0.4) is 0 Å². The zero-order chi connectivity index (χ0) is 51.3. The number of rotatable bonds is 52. The lowest BCUT2D eigenvalue weighted by molar-refractivity contribution is -0.161. The smallest absolute Gasteiger partial charge is 0.462 e. The molecule has 0 aliphatic rings. The van der Waals surface area contributed by atoms with E-state index in [9.17, 15) is 28.9 Å². The number of aliphatic hydroxyl groups is 1. The Kier molecular flexibility index (Phi) is 50.4. The molecule has 0 fully saturated rings. The molecular weight excluding hydrogens is 904 g/mol. The minimum absolute atomic E-state index is 0.155. The van der Waals surface area contributed by atoms with E-state index in [4.69, 9.17) is 23.3 Å². The predicted molar refractivity (Wildman–Crippen MR) is 288 cm³/mol. The second-order valence-corrected chi connectivity index (χ2v) is 20.2. The van der Waals surface area contributed by atoms with Crippen LogP contribution >= 0.6 is 7.82 Å². The van der Waals surface area contributed by atoms with E-state index in [-0.39, 0.29) is 25.9 Å². The van der Waals surface area contributed by atoms with Crippen LogP contribution in [0.1, 0.15) is 252 Å². The molecule has 0 aromatic heterocycles. The number of hydrogen-bond donors (Lipinski definition) is 2. The first-order valence-electron chi connectivity index (χ1n) is 28.2. The lowest BCUT2D eigenvalue weighted by Gasteiger charge is -2.21. The van der Waals surface area contributed by atoms with Gasteiger partial charge in [0.1, 0.15) is 12.7 Å². The van der Waals surface area contributed by atoms with Crippen LogP contribution in [0, 0.1) is 0 Å². The summed E-state index contributed by atoms with van der Waals surface area (Å²) in [7, 11) is -4.75. The predicted octanol–water partition coefficient (Wildman–Crippen LogP) is 16.4. The summed E-state index contributed by atoms with van der Waals surface area (Å²) in [6, 6.07) is 0. The summed E-state index contributed by atoms with van der Waals surface area (Å²) in [4.78, 5) is 48.4. The van der Waals surface area contributed by atoms with Crippen LogP contribution in [-0.2, 0) is 42.2 Å². The summed E-state index contributed by atoms with van der Waals surface area (Å²) in [5.74, 6) is -1.49. The molecule has 0 aliphatic heterocycles. The van der Waals surface area contributed by atoms with Gasteiger partial charge in [0, 0.05) is 19.3 Å². The van der Waals surface area contributed by atoms with Gasteiger partial charge < -0.3 is 24.2 Å². The highest BCUT2D eigenvalue weighted by Gasteiger charge is 2.28. The fraction of sp³-hybridized carbons (Fsp3) is 0.776. The van der Waals surface area contributed by atoms with Gasteiger partial charge in [-0.15, -0.1) is 0 Å². The van der Waals surface area contributed by atoms with E-state index in [1.807, 2.05) is 0 Å². The van der Waals surface area contributed by atoms with Gasteiger partial charge in [0.05, 0.1) is 19.8 Å². The summed E-state index contributed by atoms with van der Waals surface area (Å²) in [6.45, 7) is 4.48. The number of esters is 3.